The van der Waals surface area contributed by atoms with E-state index >= 15 is 0 Å². The third kappa shape index (κ3) is 3.86. The minimum absolute atomic E-state index is 0.0274. The van der Waals surface area contributed by atoms with E-state index in [9.17, 15) is 14.0 Å². The summed E-state index contributed by atoms with van der Waals surface area (Å²) in [5, 5.41) is 11.3. The van der Waals surface area contributed by atoms with Gasteiger partial charge in [-0.2, -0.15) is 5.10 Å². The lowest BCUT2D eigenvalue weighted by Crippen LogP contribution is -2.47. The van der Waals surface area contributed by atoms with Crippen LogP contribution in [0.2, 0.25) is 0 Å². The molecule has 0 bridgehead atoms. The fourth-order valence-electron chi connectivity index (χ4n) is 3.30. The molecule has 29 heavy (non-hydrogen) atoms. The highest BCUT2D eigenvalue weighted by Crippen LogP contribution is 2.20. The molecule has 1 aromatic carbocycles. The van der Waals surface area contributed by atoms with E-state index in [1.807, 2.05) is 13.0 Å². The van der Waals surface area contributed by atoms with Gasteiger partial charge in [-0.15, -0.1) is 5.10 Å². The highest BCUT2D eigenvalue weighted by atomic mass is 19.1. The number of aryl methyl sites for hydroxylation is 2. The topological polar surface area (TPSA) is 97.9 Å². The second-order valence-corrected chi connectivity index (χ2v) is 6.97. The summed E-state index contributed by atoms with van der Waals surface area (Å²) in [7, 11) is 1.66. The van der Waals surface area contributed by atoms with Crippen LogP contribution >= 0.6 is 0 Å². The van der Waals surface area contributed by atoms with Gasteiger partial charge in [-0.1, -0.05) is 12.1 Å². The summed E-state index contributed by atoms with van der Waals surface area (Å²) in [6.07, 6.45) is 1.84. The zero-order chi connectivity index (χ0) is 20.5. The lowest BCUT2D eigenvalue weighted by molar-refractivity contribution is -0.120. The first kappa shape index (κ1) is 18.8. The number of anilines is 1. The predicted molar refractivity (Wildman–Crippen MR) is 102 cm³/mol. The molecule has 1 aliphatic rings. The molecule has 1 unspecified atom stereocenters. The number of aromatic nitrogens is 5. The number of hydrogen-bond acceptors (Lipinski definition) is 5. The van der Waals surface area contributed by atoms with E-state index in [1.165, 1.54) is 28.0 Å². The van der Waals surface area contributed by atoms with Crippen molar-refractivity contribution in [2.24, 2.45) is 0 Å². The number of benzene rings is 1. The van der Waals surface area contributed by atoms with Gasteiger partial charge in [0.05, 0.1) is 12.2 Å². The van der Waals surface area contributed by atoms with Crippen LogP contribution in [0, 0.1) is 12.7 Å². The molecule has 10 heteroatoms. The van der Waals surface area contributed by atoms with Crippen molar-refractivity contribution in [3.8, 4) is 0 Å². The number of nitrogens with zero attached hydrogens (tertiary/aromatic N) is 6. The van der Waals surface area contributed by atoms with Crippen LogP contribution < -0.4 is 10.2 Å². The van der Waals surface area contributed by atoms with Gasteiger partial charge in [0.1, 0.15) is 24.0 Å². The Hall–Kier alpha value is -3.56. The molecule has 150 valence electrons. The number of rotatable bonds is 4. The van der Waals surface area contributed by atoms with Crippen molar-refractivity contribution in [1.29, 1.82) is 0 Å². The number of fused-ring (bicyclic) bond motifs is 1. The summed E-state index contributed by atoms with van der Waals surface area (Å²) in [6.45, 7) is 2.73. The highest BCUT2D eigenvalue weighted by Gasteiger charge is 2.31. The van der Waals surface area contributed by atoms with E-state index in [4.69, 9.17) is 0 Å². The van der Waals surface area contributed by atoms with Gasteiger partial charge < -0.3 is 5.32 Å². The van der Waals surface area contributed by atoms with Gasteiger partial charge in [0, 0.05) is 19.7 Å². The fraction of sp³-hybridized carbons (Fsp3) is 0.316. The molecule has 1 N–H and O–H groups in total. The first-order valence-corrected chi connectivity index (χ1v) is 9.17. The summed E-state index contributed by atoms with van der Waals surface area (Å²) in [4.78, 5) is 30.8. The third-order valence-corrected chi connectivity index (χ3v) is 4.79. The first-order chi connectivity index (χ1) is 13.9. The normalized spacial score (nSPS) is 16.4. The number of hydrogen-bond donors (Lipinski definition) is 1. The molecule has 0 aliphatic carbocycles. The monoisotopic (exact) mass is 397 g/mol. The Morgan fingerprint density at radius 1 is 1.28 bits per heavy atom. The molecule has 0 radical (unpaired) electrons. The molecule has 0 saturated heterocycles. The first-order valence-electron chi connectivity index (χ1n) is 9.17. The van der Waals surface area contributed by atoms with Gasteiger partial charge in [-0.25, -0.2) is 18.7 Å². The van der Waals surface area contributed by atoms with Crippen LogP contribution in [0.1, 0.15) is 28.3 Å². The zero-order valence-corrected chi connectivity index (χ0v) is 16.0. The Balaban J connectivity index is 1.43. The number of carbonyl (C=O) groups is 2. The molecule has 0 saturated carbocycles. The number of likely N-dealkylation sites (N-methyl/N-ethyl adjacent to an activating group) is 1. The standard InChI is InChI=1S/C19H20FN7O2/c1-12-9-16-25(2)19(29)15(7-8-27(16)23-12)22-18(28)17-21-11-26(24-17)10-13-3-5-14(20)6-4-13/h3-6,9,11,15H,7-8,10H2,1-2H3,(H,22,28). The molecule has 2 aromatic heterocycles. The van der Waals surface area contributed by atoms with E-state index in [0.29, 0.717) is 25.3 Å². The van der Waals surface area contributed by atoms with Gasteiger partial charge >= 0.3 is 0 Å². The van der Waals surface area contributed by atoms with Gasteiger partial charge in [0.2, 0.25) is 5.82 Å². The number of halogens is 1. The Morgan fingerprint density at radius 2 is 2.03 bits per heavy atom. The average molecular weight is 397 g/mol. The molecule has 9 nitrogen and oxygen atoms in total. The Labute approximate surface area is 166 Å². The van der Waals surface area contributed by atoms with E-state index in [2.05, 4.69) is 20.5 Å². The SMILES string of the molecule is Cc1cc2n(n1)CCC(NC(=O)c1ncn(Cc3ccc(F)cc3)n1)C(=O)N2C. The van der Waals surface area contributed by atoms with Gasteiger partial charge in [0.15, 0.2) is 0 Å². The minimum atomic E-state index is -0.696. The van der Waals surface area contributed by atoms with Crippen LogP contribution in [-0.2, 0) is 17.9 Å². The maximum Gasteiger partial charge on any atom is 0.291 e. The fourth-order valence-corrected chi connectivity index (χ4v) is 3.30. The summed E-state index contributed by atoms with van der Waals surface area (Å²) in [5.41, 5.74) is 1.66. The molecule has 4 rings (SSSR count). The van der Waals surface area contributed by atoms with Crippen LogP contribution in [-0.4, -0.2) is 49.4 Å². The second-order valence-electron chi connectivity index (χ2n) is 6.97. The van der Waals surface area contributed by atoms with Crippen LogP contribution in [0.25, 0.3) is 0 Å². The largest absolute Gasteiger partial charge is 0.337 e. The molecule has 1 aliphatic heterocycles. The lowest BCUT2D eigenvalue weighted by Gasteiger charge is -2.19. The zero-order valence-electron chi connectivity index (χ0n) is 16.0. The van der Waals surface area contributed by atoms with Crippen molar-refractivity contribution >= 4 is 17.6 Å². The molecule has 2 amide bonds. The molecule has 3 aromatic rings. The van der Waals surface area contributed by atoms with Crippen LogP contribution in [0.5, 0.6) is 0 Å². The van der Waals surface area contributed by atoms with E-state index in [0.717, 1.165) is 11.3 Å². The van der Waals surface area contributed by atoms with Crippen molar-refractivity contribution < 1.29 is 14.0 Å². The Morgan fingerprint density at radius 3 is 2.79 bits per heavy atom. The van der Waals surface area contributed by atoms with Crippen molar-refractivity contribution in [2.75, 3.05) is 11.9 Å². The number of carbonyl (C=O) groups excluding carboxylic acids is 2. The molecule has 3 heterocycles. The third-order valence-electron chi connectivity index (χ3n) is 4.79. The lowest BCUT2D eigenvalue weighted by atomic mass is 10.2. The Kier molecular flexibility index (Phi) is 4.83. The summed E-state index contributed by atoms with van der Waals surface area (Å²) < 4.78 is 16.3. The maximum atomic E-state index is 13.0. The quantitative estimate of drug-likeness (QED) is 0.712. The predicted octanol–water partition coefficient (Wildman–Crippen LogP) is 1.14. The Bertz CT molecular complexity index is 1060. The molecule has 0 spiro atoms. The van der Waals surface area contributed by atoms with Gasteiger partial charge in [0.25, 0.3) is 11.8 Å². The van der Waals surface area contributed by atoms with Gasteiger partial charge in [-0.05, 0) is 31.0 Å². The second kappa shape index (κ2) is 7.46. The van der Waals surface area contributed by atoms with E-state index in [-0.39, 0.29) is 17.5 Å². The smallest absolute Gasteiger partial charge is 0.291 e. The maximum absolute atomic E-state index is 13.0. The molecule has 1 atom stereocenters. The van der Waals surface area contributed by atoms with E-state index < -0.39 is 11.9 Å². The highest BCUT2D eigenvalue weighted by molar-refractivity contribution is 6.00. The van der Waals surface area contributed by atoms with Crippen molar-refractivity contribution in [1.82, 2.24) is 29.9 Å². The van der Waals surface area contributed by atoms with Crippen LogP contribution in [0.3, 0.4) is 0 Å². The molecular weight excluding hydrogens is 377 g/mol. The molecule has 0 fully saturated rings. The summed E-state index contributed by atoms with van der Waals surface area (Å²) in [6, 6.07) is 7.14. The summed E-state index contributed by atoms with van der Waals surface area (Å²) >= 11 is 0. The van der Waals surface area contributed by atoms with Crippen molar-refractivity contribution in [2.45, 2.75) is 32.5 Å². The van der Waals surface area contributed by atoms with Gasteiger partial charge in [-0.3, -0.25) is 14.5 Å². The number of nitrogens with one attached hydrogen (secondary N) is 1. The minimum Gasteiger partial charge on any atom is -0.337 e. The summed E-state index contributed by atoms with van der Waals surface area (Å²) in [5.74, 6) is -0.387. The van der Waals surface area contributed by atoms with Crippen LogP contribution in [0.15, 0.2) is 36.7 Å². The van der Waals surface area contributed by atoms with Crippen molar-refractivity contribution in [3.63, 3.8) is 0 Å². The number of amides is 2. The average Bonchev–Trinajstić information content (AvgIpc) is 3.29. The van der Waals surface area contributed by atoms with Crippen molar-refractivity contribution in [3.05, 3.63) is 59.6 Å². The van der Waals surface area contributed by atoms with E-state index in [1.54, 1.807) is 23.9 Å². The molecular formula is C19H20FN7O2. The van der Waals surface area contributed by atoms with Crippen LogP contribution in [0.4, 0.5) is 10.2 Å².